The third-order valence-corrected chi connectivity index (χ3v) is 2.07. The van der Waals surface area contributed by atoms with Crippen molar-refractivity contribution in [1.29, 1.82) is 0 Å². The molecule has 0 atom stereocenters. The molecule has 1 aromatic carbocycles. The van der Waals surface area contributed by atoms with Gasteiger partial charge in [0.25, 0.3) is 0 Å². The van der Waals surface area contributed by atoms with Crippen molar-refractivity contribution < 1.29 is 14.2 Å². The number of benzene rings is 1. The third-order valence-electron chi connectivity index (χ3n) is 2.07. The van der Waals surface area contributed by atoms with Crippen LogP contribution in [0.15, 0.2) is 18.2 Å². The van der Waals surface area contributed by atoms with Gasteiger partial charge in [0.1, 0.15) is 0 Å². The fraction of sp³-hybridized carbons (Fsp3) is 0.273. The maximum Gasteiger partial charge on any atom is 0.231 e. The Kier molecular flexibility index (Phi) is 2.31. The second-order valence-electron chi connectivity index (χ2n) is 2.92. The molecule has 0 aliphatic carbocycles. The summed E-state index contributed by atoms with van der Waals surface area (Å²) in [6.45, 7) is 2.23. The zero-order chi connectivity index (χ0) is 9.97. The topological polar surface area (TPSA) is 27.7 Å². The lowest BCUT2D eigenvalue weighted by atomic mass is 10.1. The molecular weight excluding hydrogens is 180 g/mol. The maximum absolute atomic E-state index is 5.33. The lowest BCUT2D eigenvalue weighted by Gasteiger charge is -2.07. The van der Waals surface area contributed by atoms with E-state index in [9.17, 15) is 0 Å². The highest BCUT2D eigenvalue weighted by molar-refractivity contribution is 5.66. The van der Waals surface area contributed by atoms with E-state index in [-0.39, 0.29) is 6.79 Å². The highest BCUT2D eigenvalue weighted by atomic mass is 16.7. The maximum atomic E-state index is 5.33. The summed E-state index contributed by atoms with van der Waals surface area (Å²) in [5.41, 5.74) is 0.999. The van der Waals surface area contributed by atoms with Crippen LogP contribution in [0.5, 0.6) is 17.2 Å². The van der Waals surface area contributed by atoms with Gasteiger partial charge in [-0.15, -0.1) is 0 Å². The van der Waals surface area contributed by atoms with Crippen molar-refractivity contribution in [3.8, 4) is 17.2 Å². The number of ether oxygens (including phenoxy) is 3. The van der Waals surface area contributed by atoms with E-state index in [1.807, 2.05) is 31.2 Å². The van der Waals surface area contributed by atoms with E-state index in [1.165, 1.54) is 0 Å². The van der Waals surface area contributed by atoms with Crippen molar-refractivity contribution in [2.24, 2.45) is 0 Å². The van der Waals surface area contributed by atoms with Crippen LogP contribution in [-0.4, -0.2) is 13.9 Å². The average Bonchev–Trinajstić information content (AvgIpc) is 2.66. The first-order valence-corrected chi connectivity index (χ1v) is 4.46. The molecule has 14 heavy (non-hydrogen) atoms. The third kappa shape index (κ3) is 1.31. The van der Waals surface area contributed by atoms with Gasteiger partial charge in [0.05, 0.1) is 7.11 Å². The molecule has 1 aromatic rings. The van der Waals surface area contributed by atoms with Gasteiger partial charge in [-0.05, 0) is 19.1 Å². The molecule has 0 bridgehead atoms. The molecule has 0 saturated carbocycles. The standard InChI is InChI=1S/C11H12O3/c1-3-4-8-5-6-9-11(10(8)12-2)14-7-13-9/h3-6H,7H2,1-2H3/b4-3+. The molecule has 0 saturated heterocycles. The predicted octanol–water partition coefficient (Wildman–Crippen LogP) is 2.46. The summed E-state index contributed by atoms with van der Waals surface area (Å²) in [7, 11) is 1.63. The molecule has 1 aliphatic heterocycles. The summed E-state index contributed by atoms with van der Waals surface area (Å²) in [6.07, 6.45) is 3.93. The van der Waals surface area contributed by atoms with Crippen LogP contribution in [0.1, 0.15) is 12.5 Å². The smallest absolute Gasteiger partial charge is 0.231 e. The van der Waals surface area contributed by atoms with E-state index in [1.54, 1.807) is 7.11 Å². The minimum atomic E-state index is 0.269. The highest BCUT2D eigenvalue weighted by Gasteiger charge is 2.20. The Labute approximate surface area is 82.9 Å². The molecule has 1 aliphatic rings. The second kappa shape index (κ2) is 3.62. The number of methoxy groups -OCH3 is 1. The van der Waals surface area contributed by atoms with Crippen LogP contribution >= 0.6 is 0 Å². The summed E-state index contributed by atoms with van der Waals surface area (Å²) < 4.78 is 15.9. The highest BCUT2D eigenvalue weighted by Crippen LogP contribution is 2.43. The first-order chi connectivity index (χ1) is 6.86. The van der Waals surface area contributed by atoms with Crippen molar-refractivity contribution in [3.63, 3.8) is 0 Å². The van der Waals surface area contributed by atoms with E-state index < -0.39 is 0 Å². The van der Waals surface area contributed by atoms with E-state index in [0.717, 1.165) is 17.1 Å². The van der Waals surface area contributed by atoms with Crippen LogP contribution in [-0.2, 0) is 0 Å². The SMILES string of the molecule is C/C=C/c1ccc2c(c1OC)OCO2. The van der Waals surface area contributed by atoms with Crippen molar-refractivity contribution in [3.05, 3.63) is 23.8 Å². The Balaban J connectivity index is 2.53. The zero-order valence-electron chi connectivity index (χ0n) is 8.24. The molecule has 3 nitrogen and oxygen atoms in total. The van der Waals surface area contributed by atoms with Gasteiger partial charge in [0.2, 0.25) is 12.5 Å². The molecule has 1 heterocycles. The molecule has 0 fully saturated rings. The van der Waals surface area contributed by atoms with Crippen molar-refractivity contribution in [2.45, 2.75) is 6.92 Å². The normalized spacial score (nSPS) is 13.6. The number of fused-ring (bicyclic) bond motifs is 1. The Morgan fingerprint density at radius 2 is 2.21 bits per heavy atom. The molecule has 0 aromatic heterocycles. The number of allylic oxidation sites excluding steroid dienone is 1. The minimum absolute atomic E-state index is 0.269. The first kappa shape index (κ1) is 8.94. The molecule has 0 N–H and O–H groups in total. The number of rotatable bonds is 2. The monoisotopic (exact) mass is 192 g/mol. The predicted molar refractivity (Wildman–Crippen MR) is 53.8 cm³/mol. The average molecular weight is 192 g/mol. The second-order valence-corrected chi connectivity index (χ2v) is 2.92. The summed E-state index contributed by atoms with van der Waals surface area (Å²) in [6, 6.07) is 3.84. The van der Waals surface area contributed by atoms with Gasteiger partial charge < -0.3 is 14.2 Å². The van der Waals surface area contributed by atoms with Crippen LogP contribution in [0, 0.1) is 0 Å². The molecule has 2 rings (SSSR count). The largest absolute Gasteiger partial charge is 0.492 e. The van der Waals surface area contributed by atoms with Crippen LogP contribution in [0.2, 0.25) is 0 Å². The van der Waals surface area contributed by atoms with E-state index in [4.69, 9.17) is 14.2 Å². The van der Waals surface area contributed by atoms with Gasteiger partial charge in [-0.2, -0.15) is 0 Å². The molecule has 74 valence electrons. The Bertz CT molecular complexity index is 369. The fourth-order valence-electron chi connectivity index (χ4n) is 1.48. The van der Waals surface area contributed by atoms with Crippen LogP contribution in [0.3, 0.4) is 0 Å². The molecule has 3 heteroatoms. The van der Waals surface area contributed by atoms with Crippen LogP contribution in [0.4, 0.5) is 0 Å². The molecular formula is C11H12O3. The first-order valence-electron chi connectivity index (χ1n) is 4.46. The summed E-state index contributed by atoms with van der Waals surface area (Å²) in [5, 5.41) is 0. The van der Waals surface area contributed by atoms with Crippen molar-refractivity contribution >= 4 is 6.08 Å². The van der Waals surface area contributed by atoms with Gasteiger partial charge in [-0.25, -0.2) is 0 Å². The molecule has 0 radical (unpaired) electrons. The van der Waals surface area contributed by atoms with Gasteiger partial charge in [0, 0.05) is 5.56 Å². The Morgan fingerprint density at radius 1 is 1.36 bits per heavy atom. The number of hydrogen-bond acceptors (Lipinski definition) is 3. The van der Waals surface area contributed by atoms with E-state index >= 15 is 0 Å². The molecule has 0 spiro atoms. The Hall–Kier alpha value is -1.64. The lowest BCUT2D eigenvalue weighted by molar-refractivity contribution is 0.171. The van der Waals surface area contributed by atoms with E-state index in [0.29, 0.717) is 5.75 Å². The Morgan fingerprint density at radius 3 is 2.93 bits per heavy atom. The fourth-order valence-corrected chi connectivity index (χ4v) is 1.48. The van der Waals surface area contributed by atoms with Gasteiger partial charge in [-0.3, -0.25) is 0 Å². The lowest BCUT2D eigenvalue weighted by Crippen LogP contribution is -1.94. The van der Waals surface area contributed by atoms with E-state index in [2.05, 4.69) is 0 Å². The van der Waals surface area contributed by atoms with Gasteiger partial charge in [-0.1, -0.05) is 12.2 Å². The minimum Gasteiger partial charge on any atom is -0.492 e. The summed E-state index contributed by atoms with van der Waals surface area (Å²) >= 11 is 0. The van der Waals surface area contributed by atoms with Crippen LogP contribution in [0.25, 0.3) is 6.08 Å². The van der Waals surface area contributed by atoms with Gasteiger partial charge >= 0.3 is 0 Å². The molecule has 0 unspecified atom stereocenters. The van der Waals surface area contributed by atoms with Crippen molar-refractivity contribution in [2.75, 3.05) is 13.9 Å². The van der Waals surface area contributed by atoms with Gasteiger partial charge in [0.15, 0.2) is 11.5 Å². The quantitative estimate of drug-likeness (QED) is 0.720. The van der Waals surface area contributed by atoms with Crippen molar-refractivity contribution in [1.82, 2.24) is 0 Å². The zero-order valence-corrected chi connectivity index (χ0v) is 8.24. The molecule has 0 amide bonds. The summed E-state index contributed by atoms with van der Waals surface area (Å²) in [4.78, 5) is 0. The van der Waals surface area contributed by atoms with Crippen LogP contribution < -0.4 is 14.2 Å². The number of hydrogen-bond donors (Lipinski definition) is 0. The summed E-state index contributed by atoms with van der Waals surface area (Å²) in [5.74, 6) is 2.18.